The number of aromatic amines is 2. The van der Waals surface area contributed by atoms with E-state index < -0.39 is 17.2 Å². The van der Waals surface area contributed by atoms with Gasteiger partial charge in [-0.1, -0.05) is 0 Å². The molecule has 144 valence electrons. The first kappa shape index (κ1) is 19.7. The molecule has 1 aromatic heterocycles. The van der Waals surface area contributed by atoms with Crippen LogP contribution in [0.15, 0.2) is 32.9 Å². The molecule has 11 nitrogen and oxygen atoms in total. The van der Waals surface area contributed by atoms with Crippen molar-refractivity contribution in [3.63, 3.8) is 0 Å². The molecule has 1 heterocycles. The smallest absolute Gasteiger partial charge is 0.342 e. The van der Waals surface area contributed by atoms with Crippen LogP contribution in [0.3, 0.4) is 0 Å². The number of hydrogen-bond donors (Lipinski definition) is 4. The van der Waals surface area contributed by atoms with Crippen molar-refractivity contribution in [1.82, 2.24) is 20.6 Å². The predicted octanol–water partition coefficient (Wildman–Crippen LogP) is -0.184. The number of hydrogen-bond acceptors (Lipinski definition) is 8. The molecule has 0 atom stereocenters. The van der Waals surface area contributed by atoms with Crippen LogP contribution in [0.4, 0.5) is 5.82 Å². The van der Waals surface area contributed by atoms with Crippen LogP contribution >= 0.6 is 0 Å². The van der Waals surface area contributed by atoms with Gasteiger partial charge in [0.1, 0.15) is 0 Å². The number of benzene rings is 1. The SMILES string of the molecule is COc1ccc(/C=N/NC(=O)CNc2n[nH]c(=O)[nH]c2=O)cc1OC(C)C. The van der Waals surface area contributed by atoms with E-state index in [9.17, 15) is 14.4 Å². The number of carbonyl (C=O) groups is 1. The number of hydrazone groups is 1. The van der Waals surface area contributed by atoms with Gasteiger partial charge in [-0.05, 0) is 37.6 Å². The maximum absolute atomic E-state index is 11.8. The van der Waals surface area contributed by atoms with Crippen LogP contribution < -0.4 is 31.5 Å². The molecule has 0 fully saturated rings. The molecule has 2 aromatic rings. The molecule has 27 heavy (non-hydrogen) atoms. The summed E-state index contributed by atoms with van der Waals surface area (Å²) in [5.74, 6) is 0.464. The minimum Gasteiger partial charge on any atom is -0.493 e. The molecule has 0 saturated heterocycles. The van der Waals surface area contributed by atoms with Gasteiger partial charge in [0, 0.05) is 0 Å². The monoisotopic (exact) mass is 376 g/mol. The van der Waals surface area contributed by atoms with E-state index in [2.05, 4.69) is 26.0 Å². The lowest BCUT2D eigenvalue weighted by atomic mass is 10.2. The topological polar surface area (TPSA) is 151 Å². The Morgan fingerprint density at radius 3 is 2.78 bits per heavy atom. The maximum Gasteiger partial charge on any atom is 0.342 e. The lowest BCUT2D eigenvalue weighted by molar-refractivity contribution is -0.119. The highest BCUT2D eigenvalue weighted by Crippen LogP contribution is 2.28. The van der Waals surface area contributed by atoms with Crippen LogP contribution in [-0.2, 0) is 4.79 Å². The minimum atomic E-state index is -0.736. The van der Waals surface area contributed by atoms with Crippen LogP contribution in [0.1, 0.15) is 19.4 Å². The summed E-state index contributed by atoms with van der Waals surface area (Å²) in [5, 5.41) is 11.9. The summed E-state index contributed by atoms with van der Waals surface area (Å²) in [5.41, 5.74) is 1.53. The van der Waals surface area contributed by atoms with Crippen LogP contribution in [0.5, 0.6) is 11.5 Å². The third-order valence-corrected chi connectivity index (χ3v) is 3.08. The average Bonchev–Trinajstić information content (AvgIpc) is 2.61. The van der Waals surface area contributed by atoms with Gasteiger partial charge in [0.25, 0.3) is 11.5 Å². The number of carbonyl (C=O) groups excluding carboxylic acids is 1. The van der Waals surface area contributed by atoms with Gasteiger partial charge in [0.05, 0.1) is 26.0 Å². The number of nitrogens with zero attached hydrogens (tertiary/aromatic N) is 2. The third kappa shape index (κ3) is 5.99. The normalized spacial score (nSPS) is 10.8. The predicted molar refractivity (Wildman–Crippen MR) is 98.5 cm³/mol. The Balaban J connectivity index is 1.93. The molecule has 0 radical (unpaired) electrons. The first-order valence-electron chi connectivity index (χ1n) is 7.98. The van der Waals surface area contributed by atoms with Crippen LogP contribution in [0.2, 0.25) is 0 Å². The van der Waals surface area contributed by atoms with E-state index in [1.807, 2.05) is 18.8 Å². The zero-order valence-electron chi connectivity index (χ0n) is 15.0. The molecule has 4 N–H and O–H groups in total. The molecule has 1 amide bonds. The molecular formula is C16H20N6O5. The van der Waals surface area contributed by atoms with Crippen LogP contribution in [0.25, 0.3) is 0 Å². The van der Waals surface area contributed by atoms with E-state index in [-0.39, 0.29) is 18.5 Å². The summed E-state index contributed by atoms with van der Waals surface area (Å²) in [6, 6.07) is 5.22. The van der Waals surface area contributed by atoms with Crippen LogP contribution in [-0.4, -0.2) is 47.1 Å². The first-order valence-corrected chi connectivity index (χ1v) is 7.98. The quantitative estimate of drug-likeness (QED) is 0.368. The number of aromatic nitrogens is 3. The zero-order chi connectivity index (χ0) is 19.8. The van der Waals surface area contributed by atoms with Gasteiger partial charge in [-0.25, -0.2) is 15.3 Å². The Kier molecular flexibility index (Phi) is 6.69. The van der Waals surface area contributed by atoms with E-state index in [1.54, 1.807) is 25.3 Å². The number of ether oxygens (including phenoxy) is 2. The van der Waals surface area contributed by atoms with E-state index in [4.69, 9.17) is 9.47 Å². The van der Waals surface area contributed by atoms with Crippen molar-refractivity contribution in [2.24, 2.45) is 5.10 Å². The van der Waals surface area contributed by atoms with Crippen molar-refractivity contribution in [3.8, 4) is 11.5 Å². The van der Waals surface area contributed by atoms with Gasteiger partial charge in [-0.15, -0.1) is 5.10 Å². The fourth-order valence-electron chi connectivity index (χ4n) is 1.97. The molecule has 0 aliphatic heterocycles. The second-order valence-electron chi connectivity index (χ2n) is 5.58. The van der Waals surface area contributed by atoms with Gasteiger partial charge >= 0.3 is 5.69 Å². The van der Waals surface area contributed by atoms with E-state index in [0.29, 0.717) is 17.1 Å². The molecule has 0 saturated carbocycles. The molecule has 0 unspecified atom stereocenters. The van der Waals surface area contributed by atoms with Crippen molar-refractivity contribution in [2.75, 3.05) is 19.0 Å². The molecule has 11 heteroatoms. The van der Waals surface area contributed by atoms with Gasteiger partial charge in [0.2, 0.25) is 5.82 Å². The standard InChI is InChI=1S/C16H20N6O5/c1-9(2)27-12-6-10(4-5-11(12)26-3)7-18-20-13(23)8-17-14-15(24)19-16(25)22-21-14/h4-7,9H,8H2,1-3H3,(H,17,21)(H,20,23)(H2,19,22,24,25)/b18-7+. The second kappa shape index (κ2) is 9.17. The fourth-order valence-corrected chi connectivity index (χ4v) is 1.97. The molecule has 0 aliphatic carbocycles. The van der Waals surface area contributed by atoms with Gasteiger partial charge < -0.3 is 14.8 Å². The van der Waals surface area contributed by atoms with Crippen molar-refractivity contribution in [3.05, 3.63) is 44.6 Å². The third-order valence-electron chi connectivity index (χ3n) is 3.08. The van der Waals surface area contributed by atoms with E-state index in [1.165, 1.54) is 6.21 Å². The number of rotatable bonds is 8. The highest BCUT2D eigenvalue weighted by Gasteiger charge is 2.07. The summed E-state index contributed by atoms with van der Waals surface area (Å²) >= 11 is 0. The van der Waals surface area contributed by atoms with E-state index in [0.717, 1.165) is 0 Å². The van der Waals surface area contributed by atoms with Gasteiger partial charge in [0.15, 0.2) is 11.5 Å². The maximum atomic E-state index is 11.8. The summed E-state index contributed by atoms with van der Waals surface area (Å²) in [4.78, 5) is 36.0. The first-order chi connectivity index (χ1) is 12.9. The van der Waals surface area contributed by atoms with E-state index >= 15 is 0 Å². The zero-order valence-corrected chi connectivity index (χ0v) is 15.0. The number of methoxy groups -OCH3 is 1. The molecular weight excluding hydrogens is 356 g/mol. The number of nitrogens with one attached hydrogen (secondary N) is 4. The Hall–Kier alpha value is -3.63. The van der Waals surface area contributed by atoms with Crippen molar-refractivity contribution in [1.29, 1.82) is 0 Å². The number of anilines is 1. The van der Waals surface area contributed by atoms with Crippen LogP contribution in [0, 0.1) is 0 Å². The van der Waals surface area contributed by atoms with Crippen molar-refractivity contribution >= 4 is 17.9 Å². The summed E-state index contributed by atoms with van der Waals surface area (Å²) in [6.45, 7) is 3.54. The van der Waals surface area contributed by atoms with Crippen molar-refractivity contribution < 1.29 is 14.3 Å². The highest BCUT2D eigenvalue weighted by molar-refractivity contribution is 5.84. The molecule has 0 spiro atoms. The lowest BCUT2D eigenvalue weighted by Gasteiger charge is -2.13. The minimum absolute atomic E-state index is 0.0263. The molecule has 2 rings (SSSR count). The number of H-pyrrole nitrogens is 2. The number of amides is 1. The summed E-state index contributed by atoms with van der Waals surface area (Å²) in [7, 11) is 1.55. The Morgan fingerprint density at radius 2 is 2.11 bits per heavy atom. The lowest BCUT2D eigenvalue weighted by Crippen LogP contribution is -2.31. The van der Waals surface area contributed by atoms with Gasteiger partial charge in [-0.3, -0.25) is 14.6 Å². The highest BCUT2D eigenvalue weighted by atomic mass is 16.5. The Bertz CT molecular complexity index is 933. The Labute approximate surface area is 153 Å². The average molecular weight is 376 g/mol. The molecule has 1 aromatic carbocycles. The van der Waals surface area contributed by atoms with Crippen molar-refractivity contribution in [2.45, 2.75) is 20.0 Å². The molecule has 0 aliphatic rings. The fraction of sp³-hybridized carbons (Fsp3) is 0.312. The van der Waals surface area contributed by atoms with Gasteiger partial charge in [-0.2, -0.15) is 5.10 Å². The Morgan fingerprint density at radius 1 is 1.33 bits per heavy atom. The summed E-state index contributed by atoms with van der Waals surface area (Å²) in [6.07, 6.45) is 1.41. The largest absolute Gasteiger partial charge is 0.493 e. The second-order valence-corrected chi connectivity index (χ2v) is 5.58. The molecule has 0 bridgehead atoms. The summed E-state index contributed by atoms with van der Waals surface area (Å²) < 4.78 is 10.9.